The van der Waals surface area contributed by atoms with E-state index in [1.54, 1.807) is 0 Å². The van der Waals surface area contributed by atoms with Gasteiger partial charge in [0.25, 0.3) is 0 Å². The van der Waals surface area contributed by atoms with Crippen molar-refractivity contribution in [2.45, 2.75) is 31.6 Å². The van der Waals surface area contributed by atoms with Gasteiger partial charge in [-0.3, -0.25) is 4.79 Å². The molecule has 2 aliphatic rings. The molecule has 3 rings (SSSR count). The second kappa shape index (κ2) is 3.85. The van der Waals surface area contributed by atoms with Crippen LogP contribution in [0.15, 0.2) is 6.07 Å². The first-order chi connectivity index (χ1) is 7.86. The molecule has 0 radical (unpaired) electrons. The van der Waals surface area contributed by atoms with Gasteiger partial charge in [-0.2, -0.15) is 0 Å². The third-order valence-electron chi connectivity index (χ3n) is 3.24. The Labute approximate surface area is 94.7 Å². The largest absolute Gasteiger partial charge is 0.356 e. The van der Waals surface area contributed by atoms with E-state index in [9.17, 15) is 4.79 Å². The Bertz CT molecular complexity index is 409. The Kier molecular flexibility index (Phi) is 2.35. The summed E-state index contributed by atoms with van der Waals surface area (Å²) >= 11 is 0. The molecule has 0 aromatic carbocycles. The van der Waals surface area contributed by atoms with Gasteiger partial charge < -0.3 is 4.90 Å². The number of anilines is 1. The Hall–Kier alpha value is -1.45. The molecule has 0 N–H and O–H groups in total. The van der Waals surface area contributed by atoms with Crippen LogP contribution in [-0.2, 0) is 0 Å². The second-order valence-electron chi connectivity index (χ2n) is 4.60. The van der Waals surface area contributed by atoms with Gasteiger partial charge >= 0.3 is 0 Å². The standard InChI is InChI=1S/C12H15N3O/c16-8-10-7-11(15-5-1-2-6-15)14-12(13-10)9-3-4-9/h7-9H,1-6H2. The molecular formula is C12H15N3O. The average Bonchev–Trinajstić information content (AvgIpc) is 3.04. The maximum Gasteiger partial charge on any atom is 0.168 e. The number of aldehydes is 1. The number of carbonyl (C=O) groups excluding carboxylic acids is 1. The van der Waals surface area contributed by atoms with E-state index in [-0.39, 0.29) is 0 Å². The van der Waals surface area contributed by atoms with E-state index in [1.807, 2.05) is 6.07 Å². The normalized spacial score (nSPS) is 20.1. The molecule has 0 spiro atoms. The monoisotopic (exact) mass is 217 g/mol. The number of rotatable bonds is 3. The zero-order valence-corrected chi connectivity index (χ0v) is 9.22. The summed E-state index contributed by atoms with van der Waals surface area (Å²) in [6.45, 7) is 2.11. The van der Waals surface area contributed by atoms with Crippen molar-refractivity contribution < 1.29 is 4.79 Å². The van der Waals surface area contributed by atoms with Crippen molar-refractivity contribution >= 4 is 12.1 Å². The lowest BCUT2D eigenvalue weighted by molar-refractivity contribution is 0.111. The predicted molar refractivity (Wildman–Crippen MR) is 60.8 cm³/mol. The highest BCUT2D eigenvalue weighted by Gasteiger charge is 2.28. The van der Waals surface area contributed by atoms with Gasteiger partial charge in [0.1, 0.15) is 17.3 Å². The molecule has 4 heteroatoms. The highest BCUT2D eigenvalue weighted by Crippen LogP contribution is 2.38. The van der Waals surface area contributed by atoms with Gasteiger partial charge in [0.2, 0.25) is 0 Å². The molecule has 1 aliphatic heterocycles. The molecule has 4 nitrogen and oxygen atoms in total. The highest BCUT2D eigenvalue weighted by atomic mass is 16.1. The van der Waals surface area contributed by atoms with Crippen molar-refractivity contribution in [1.29, 1.82) is 0 Å². The van der Waals surface area contributed by atoms with Crippen molar-refractivity contribution in [3.8, 4) is 0 Å². The number of carbonyl (C=O) groups is 1. The molecule has 84 valence electrons. The van der Waals surface area contributed by atoms with Crippen LogP contribution in [0, 0.1) is 0 Å². The summed E-state index contributed by atoms with van der Waals surface area (Å²) in [4.78, 5) is 22.0. The molecule has 16 heavy (non-hydrogen) atoms. The first-order valence-corrected chi connectivity index (χ1v) is 5.96. The van der Waals surface area contributed by atoms with Crippen LogP contribution in [0.4, 0.5) is 5.82 Å². The molecule has 2 heterocycles. The van der Waals surface area contributed by atoms with Gasteiger partial charge in [0.15, 0.2) is 6.29 Å². The lowest BCUT2D eigenvalue weighted by Gasteiger charge is -2.17. The topological polar surface area (TPSA) is 46.1 Å². The van der Waals surface area contributed by atoms with Gasteiger partial charge in [-0.1, -0.05) is 0 Å². The Morgan fingerprint density at radius 3 is 2.62 bits per heavy atom. The van der Waals surface area contributed by atoms with Gasteiger partial charge in [0, 0.05) is 25.1 Å². The zero-order valence-electron chi connectivity index (χ0n) is 9.22. The molecule has 1 aromatic rings. The van der Waals surface area contributed by atoms with Crippen molar-refractivity contribution in [3.63, 3.8) is 0 Å². The average molecular weight is 217 g/mol. The highest BCUT2D eigenvalue weighted by molar-refractivity contribution is 5.73. The SMILES string of the molecule is O=Cc1cc(N2CCCC2)nc(C2CC2)n1. The fourth-order valence-corrected chi connectivity index (χ4v) is 2.16. The second-order valence-corrected chi connectivity index (χ2v) is 4.60. The minimum atomic E-state index is 0.501. The molecule has 0 amide bonds. The van der Waals surface area contributed by atoms with Crippen LogP contribution in [0.1, 0.15) is 47.9 Å². The van der Waals surface area contributed by atoms with Crippen molar-refractivity contribution in [3.05, 3.63) is 17.6 Å². The molecular weight excluding hydrogens is 202 g/mol. The summed E-state index contributed by atoms with van der Waals surface area (Å²) in [6, 6.07) is 1.81. The number of hydrogen-bond donors (Lipinski definition) is 0. The maximum atomic E-state index is 10.9. The summed E-state index contributed by atoms with van der Waals surface area (Å²) in [5, 5.41) is 0. The Balaban J connectivity index is 1.95. The summed E-state index contributed by atoms with van der Waals surface area (Å²) < 4.78 is 0. The van der Waals surface area contributed by atoms with Crippen LogP contribution in [0.3, 0.4) is 0 Å². The van der Waals surface area contributed by atoms with E-state index in [0.717, 1.165) is 31.0 Å². The van der Waals surface area contributed by atoms with E-state index in [1.165, 1.54) is 25.7 Å². The number of hydrogen-bond acceptors (Lipinski definition) is 4. The molecule has 0 bridgehead atoms. The van der Waals surface area contributed by atoms with Crippen LogP contribution >= 0.6 is 0 Å². The van der Waals surface area contributed by atoms with E-state index >= 15 is 0 Å². The van der Waals surface area contributed by atoms with E-state index < -0.39 is 0 Å². The third kappa shape index (κ3) is 1.79. The van der Waals surface area contributed by atoms with Crippen LogP contribution < -0.4 is 4.90 Å². The fraction of sp³-hybridized carbons (Fsp3) is 0.583. The smallest absolute Gasteiger partial charge is 0.168 e. The van der Waals surface area contributed by atoms with Crippen molar-refractivity contribution in [2.24, 2.45) is 0 Å². The fourth-order valence-electron chi connectivity index (χ4n) is 2.16. The quantitative estimate of drug-likeness (QED) is 0.724. The van der Waals surface area contributed by atoms with Gasteiger partial charge in [-0.25, -0.2) is 9.97 Å². The summed E-state index contributed by atoms with van der Waals surface area (Å²) in [5.41, 5.74) is 0.527. The van der Waals surface area contributed by atoms with Gasteiger partial charge in [-0.05, 0) is 25.7 Å². The molecule has 2 fully saturated rings. The molecule has 1 aliphatic carbocycles. The summed E-state index contributed by atoms with van der Waals surface area (Å²) in [5.74, 6) is 2.31. The van der Waals surface area contributed by atoms with Crippen LogP contribution in [0.2, 0.25) is 0 Å². The van der Waals surface area contributed by atoms with Crippen molar-refractivity contribution in [1.82, 2.24) is 9.97 Å². The summed E-state index contributed by atoms with van der Waals surface area (Å²) in [6.07, 6.45) is 5.61. The number of nitrogens with zero attached hydrogens (tertiary/aromatic N) is 3. The molecule has 1 aromatic heterocycles. The Morgan fingerprint density at radius 2 is 2.00 bits per heavy atom. The van der Waals surface area contributed by atoms with Crippen LogP contribution in [0.25, 0.3) is 0 Å². The van der Waals surface area contributed by atoms with E-state index in [2.05, 4.69) is 14.9 Å². The zero-order chi connectivity index (χ0) is 11.0. The first-order valence-electron chi connectivity index (χ1n) is 5.96. The van der Waals surface area contributed by atoms with Gasteiger partial charge in [-0.15, -0.1) is 0 Å². The van der Waals surface area contributed by atoms with Crippen LogP contribution in [-0.4, -0.2) is 29.3 Å². The Morgan fingerprint density at radius 1 is 1.25 bits per heavy atom. The molecule has 1 saturated heterocycles. The maximum absolute atomic E-state index is 10.9. The predicted octanol–water partition coefficient (Wildman–Crippen LogP) is 1.77. The van der Waals surface area contributed by atoms with Gasteiger partial charge in [0.05, 0.1) is 0 Å². The lowest BCUT2D eigenvalue weighted by atomic mass is 10.3. The van der Waals surface area contributed by atoms with Crippen LogP contribution in [0.5, 0.6) is 0 Å². The van der Waals surface area contributed by atoms with Crippen molar-refractivity contribution in [2.75, 3.05) is 18.0 Å². The van der Waals surface area contributed by atoms with E-state index in [0.29, 0.717) is 11.6 Å². The minimum Gasteiger partial charge on any atom is -0.356 e. The summed E-state index contributed by atoms with van der Waals surface area (Å²) in [7, 11) is 0. The first kappa shape index (κ1) is 9.75. The third-order valence-corrected chi connectivity index (χ3v) is 3.24. The number of aromatic nitrogens is 2. The lowest BCUT2D eigenvalue weighted by Crippen LogP contribution is -2.20. The molecule has 1 saturated carbocycles. The van der Waals surface area contributed by atoms with E-state index in [4.69, 9.17) is 0 Å². The molecule has 0 unspecified atom stereocenters. The molecule has 0 atom stereocenters. The minimum absolute atomic E-state index is 0.501.